The van der Waals surface area contributed by atoms with Crippen LogP contribution in [0.15, 0.2) is 77.8 Å². The molecule has 0 N–H and O–H groups in total. The van der Waals surface area contributed by atoms with Gasteiger partial charge in [0.15, 0.2) is 5.75 Å². The summed E-state index contributed by atoms with van der Waals surface area (Å²) in [6.07, 6.45) is 0. The molecule has 0 radical (unpaired) electrons. The van der Waals surface area contributed by atoms with Crippen molar-refractivity contribution >= 4 is 38.6 Å². The van der Waals surface area contributed by atoms with Crippen LogP contribution in [0.5, 0.6) is 5.75 Å². The number of hydrogen-bond donors (Lipinski definition) is 0. The summed E-state index contributed by atoms with van der Waals surface area (Å²) in [5, 5.41) is 4.66. The van der Waals surface area contributed by atoms with E-state index in [0.29, 0.717) is 0 Å². The van der Waals surface area contributed by atoms with Crippen LogP contribution in [0.4, 0.5) is 11.4 Å². The van der Waals surface area contributed by atoms with E-state index in [0.717, 1.165) is 27.9 Å². The highest BCUT2D eigenvalue weighted by Crippen LogP contribution is 2.57. The molecule has 2 heterocycles. The number of benzene rings is 4. The summed E-state index contributed by atoms with van der Waals surface area (Å²) in [5.41, 5.74) is 3.47. The fourth-order valence-electron chi connectivity index (χ4n) is 5.73. The van der Waals surface area contributed by atoms with Gasteiger partial charge in [-0.3, -0.25) is 0 Å². The van der Waals surface area contributed by atoms with E-state index in [1.165, 1.54) is 22.0 Å². The van der Waals surface area contributed by atoms with Crippen LogP contribution in [0.25, 0.3) is 21.5 Å². The maximum Gasteiger partial charge on any atom is 0.231 e. The van der Waals surface area contributed by atoms with Gasteiger partial charge >= 0.3 is 0 Å². The van der Waals surface area contributed by atoms with Crippen molar-refractivity contribution in [2.24, 2.45) is 4.99 Å². The fraction of sp³-hybridized carbons (Fsp3) is 0.222. The zero-order valence-corrected chi connectivity index (χ0v) is 17.7. The average molecular weight is 393 g/mol. The topological polar surface area (TPSA) is 24.8 Å². The smallest absolute Gasteiger partial charge is 0.231 e. The highest BCUT2D eigenvalue weighted by atomic mass is 16.5. The summed E-state index contributed by atoms with van der Waals surface area (Å²) in [4.78, 5) is 7.51. The van der Waals surface area contributed by atoms with E-state index in [-0.39, 0.29) is 5.41 Å². The van der Waals surface area contributed by atoms with Crippen LogP contribution >= 0.6 is 0 Å². The van der Waals surface area contributed by atoms with Crippen molar-refractivity contribution in [3.63, 3.8) is 0 Å². The lowest BCUT2D eigenvalue weighted by Crippen LogP contribution is -2.64. The molecular formula is C27H24N2O. The molecule has 148 valence electrons. The van der Waals surface area contributed by atoms with Crippen molar-refractivity contribution < 1.29 is 4.74 Å². The van der Waals surface area contributed by atoms with Gasteiger partial charge < -0.3 is 9.64 Å². The summed E-state index contributed by atoms with van der Waals surface area (Å²) in [5.74, 6) is 0.877. The molecule has 4 aromatic rings. The van der Waals surface area contributed by atoms with Gasteiger partial charge in [-0.05, 0) is 43.2 Å². The van der Waals surface area contributed by atoms with E-state index < -0.39 is 5.72 Å². The van der Waals surface area contributed by atoms with Crippen LogP contribution in [-0.4, -0.2) is 18.5 Å². The minimum Gasteiger partial charge on any atom is -0.459 e. The lowest BCUT2D eigenvalue weighted by molar-refractivity contribution is 0.0786. The predicted octanol–water partition coefficient (Wildman–Crippen LogP) is 6.60. The molecule has 30 heavy (non-hydrogen) atoms. The van der Waals surface area contributed by atoms with Gasteiger partial charge in [0.05, 0.1) is 11.1 Å². The van der Waals surface area contributed by atoms with E-state index in [1.54, 1.807) is 0 Å². The Morgan fingerprint density at radius 2 is 1.33 bits per heavy atom. The Morgan fingerprint density at radius 1 is 0.767 bits per heavy atom. The summed E-state index contributed by atoms with van der Waals surface area (Å²) in [7, 11) is 2.13. The zero-order valence-electron chi connectivity index (χ0n) is 17.7. The third-order valence-electron chi connectivity index (χ3n) is 7.14. The predicted molar refractivity (Wildman–Crippen MR) is 125 cm³/mol. The lowest BCUT2D eigenvalue weighted by Gasteiger charge is -2.48. The summed E-state index contributed by atoms with van der Waals surface area (Å²) >= 11 is 0. The number of nitrogens with zero attached hydrogens (tertiary/aromatic N) is 2. The summed E-state index contributed by atoms with van der Waals surface area (Å²) in [6.45, 7) is 6.64. The summed E-state index contributed by atoms with van der Waals surface area (Å²) in [6, 6.07) is 25.6. The van der Waals surface area contributed by atoms with Gasteiger partial charge in [-0.25, -0.2) is 4.99 Å². The molecule has 3 nitrogen and oxygen atoms in total. The minimum absolute atomic E-state index is 0.267. The first-order chi connectivity index (χ1) is 14.5. The fourth-order valence-corrected chi connectivity index (χ4v) is 5.73. The first kappa shape index (κ1) is 17.5. The second kappa shape index (κ2) is 5.63. The molecule has 4 aromatic carbocycles. The molecule has 0 amide bonds. The normalized spacial score (nSPS) is 21.5. The second-order valence-corrected chi connectivity index (χ2v) is 8.91. The van der Waals surface area contributed by atoms with Gasteiger partial charge in [-0.1, -0.05) is 66.7 Å². The number of para-hydroxylation sites is 1. The molecule has 0 bridgehead atoms. The van der Waals surface area contributed by atoms with Crippen LogP contribution in [0.3, 0.4) is 0 Å². The number of aliphatic imine (C=N–C) groups is 1. The average Bonchev–Trinajstić information content (AvgIpc) is 2.94. The molecule has 3 heteroatoms. The zero-order chi connectivity index (χ0) is 20.7. The molecule has 0 saturated carbocycles. The molecule has 0 saturated heterocycles. The molecule has 1 spiro atoms. The van der Waals surface area contributed by atoms with Crippen LogP contribution in [0.2, 0.25) is 0 Å². The summed E-state index contributed by atoms with van der Waals surface area (Å²) < 4.78 is 7.12. The van der Waals surface area contributed by atoms with Crippen LogP contribution in [0.1, 0.15) is 26.3 Å². The van der Waals surface area contributed by atoms with E-state index in [2.05, 4.69) is 106 Å². The van der Waals surface area contributed by atoms with Gasteiger partial charge in [0, 0.05) is 23.5 Å². The van der Waals surface area contributed by atoms with Gasteiger partial charge in [0.1, 0.15) is 5.69 Å². The molecule has 2 aliphatic heterocycles. The first-order valence-electron chi connectivity index (χ1n) is 10.5. The number of likely N-dealkylation sites (N-methyl/N-ethyl adjacent to an activating group) is 1. The van der Waals surface area contributed by atoms with Crippen molar-refractivity contribution in [2.75, 3.05) is 11.9 Å². The van der Waals surface area contributed by atoms with Crippen LogP contribution in [0, 0.1) is 0 Å². The van der Waals surface area contributed by atoms with Crippen molar-refractivity contribution in [3.8, 4) is 5.75 Å². The van der Waals surface area contributed by atoms with E-state index in [9.17, 15) is 0 Å². The molecule has 0 aliphatic carbocycles. The Morgan fingerprint density at radius 3 is 2.03 bits per heavy atom. The van der Waals surface area contributed by atoms with Crippen LogP contribution < -0.4 is 9.64 Å². The van der Waals surface area contributed by atoms with Gasteiger partial charge in [0.2, 0.25) is 5.72 Å². The monoisotopic (exact) mass is 392 g/mol. The van der Waals surface area contributed by atoms with E-state index in [1.807, 2.05) is 0 Å². The third-order valence-corrected chi connectivity index (χ3v) is 7.14. The minimum atomic E-state index is -0.672. The van der Waals surface area contributed by atoms with Gasteiger partial charge in [0.25, 0.3) is 0 Å². The van der Waals surface area contributed by atoms with Gasteiger partial charge in [-0.2, -0.15) is 0 Å². The SMILES string of the molecule is CC1=Nc2c(c3ccccc3c3ccccc23)O[C@@]12N(C)c1ccccc1C2(C)C. The van der Waals surface area contributed by atoms with E-state index in [4.69, 9.17) is 9.73 Å². The lowest BCUT2D eigenvalue weighted by atomic mass is 9.75. The van der Waals surface area contributed by atoms with Crippen molar-refractivity contribution in [1.29, 1.82) is 0 Å². The largest absolute Gasteiger partial charge is 0.459 e. The van der Waals surface area contributed by atoms with Crippen LogP contribution in [-0.2, 0) is 5.41 Å². The number of rotatable bonds is 0. The standard InChI is InChI=1S/C27H24N2O/c1-17-27(26(2,3)22-15-9-10-16-23(22)29(27)4)30-25-21-14-8-6-12-19(21)18-11-5-7-13-20(18)24(25)28-17/h5-16H,1-4H3/t27-/m0/s1. The second-order valence-electron chi connectivity index (χ2n) is 8.91. The first-order valence-corrected chi connectivity index (χ1v) is 10.5. The number of hydrogen-bond acceptors (Lipinski definition) is 3. The van der Waals surface area contributed by atoms with E-state index >= 15 is 0 Å². The van der Waals surface area contributed by atoms with Crippen molar-refractivity contribution in [3.05, 3.63) is 78.4 Å². The Bertz CT molecular complexity index is 1380. The molecule has 2 aliphatic rings. The maximum atomic E-state index is 7.12. The third kappa shape index (κ3) is 1.88. The molecule has 0 aromatic heterocycles. The van der Waals surface area contributed by atoms with Crippen molar-refractivity contribution in [1.82, 2.24) is 0 Å². The molecule has 1 atom stereocenters. The molecular weight excluding hydrogens is 368 g/mol. The number of ether oxygens (including phenoxy) is 1. The Kier molecular flexibility index (Phi) is 3.29. The highest BCUT2D eigenvalue weighted by molar-refractivity contribution is 6.18. The quantitative estimate of drug-likeness (QED) is 0.315. The Hall–Kier alpha value is -3.33. The Balaban J connectivity index is 1.71. The molecule has 0 fully saturated rings. The highest BCUT2D eigenvalue weighted by Gasteiger charge is 2.61. The molecule has 0 unspecified atom stereocenters. The molecule has 6 rings (SSSR count). The number of fused-ring (bicyclic) bond motifs is 7. The van der Waals surface area contributed by atoms with Crippen molar-refractivity contribution in [2.45, 2.75) is 31.9 Å². The maximum absolute atomic E-state index is 7.12. The van der Waals surface area contributed by atoms with Gasteiger partial charge in [-0.15, -0.1) is 0 Å². The number of anilines is 1. The Labute approximate surface area is 176 Å².